The monoisotopic (exact) mass is 308 g/mol. The molecule has 0 aliphatic rings. The van der Waals surface area contributed by atoms with Gasteiger partial charge in [-0.25, -0.2) is 0 Å². The second kappa shape index (κ2) is 6.16. The van der Waals surface area contributed by atoms with Crippen LogP contribution in [0.1, 0.15) is 10.4 Å². The van der Waals surface area contributed by atoms with Crippen molar-refractivity contribution >= 4 is 40.5 Å². The van der Waals surface area contributed by atoms with Crippen LogP contribution in [0.2, 0.25) is 10.0 Å². The number of hydrogen-bond donors (Lipinski definition) is 1. The van der Waals surface area contributed by atoms with Crippen molar-refractivity contribution < 1.29 is 4.79 Å². The molecule has 104 valence electrons. The van der Waals surface area contributed by atoms with E-state index >= 15 is 0 Å². The fourth-order valence-corrected chi connectivity index (χ4v) is 2.23. The van der Waals surface area contributed by atoms with E-state index < -0.39 is 0 Å². The van der Waals surface area contributed by atoms with Gasteiger partial charge in [0.05, 0.1) is 10.6 Å². The number of halogens is 2. The van der Waals surface area contributed by atoms with E-state index in [2.05, 4.69) is 5.32 Å². The number of hydrogen-bond acceptors (Lipinski definition) is 2. The Labute approximate surface area is 128 Å². The number of carbonyl (C=O) groups is 1. The Hall–Kier alpha value is -1.71. The Morgan fingerprint density at radius 2 is 1.85 bits per heavy atom. The minimum atomic E-state index is -0.262. The second-order valence-corrected chi connectivity index (χ2v) is 5.37. The van der Waals surface area contributed by atoms with Crippen LogP contribution in [0.5, 0.6) is 0 Å². The van der Waals surface area contributed by atoms with Gasteiger partial charge in [0.25, 0.3) is 5.91 Å². The molecule has 0 heterocycles. The summed E-state index contributed by atoms with van der Waals surface area (Å²) in [5, 5.41) is 3.65. The van der Waals surface area contributed by atoms with Crippen LogP contribution in [0.4, 0.5) is 11.4 Å². The van der Waals surface area contributed by atoms with E-state index in [0.29, 0.717) is 21.3 Å². The number of anilines is 2. The molecule has 1 N–H and O–H groups in total. The molecule has 3 nitrogen and oxygen atoms in total. The van der Waals surface area contributed by atoms with Crippen molar-refractivity contribution in [2.75, 3.05) is 24.3 Å². The predicted molar refractivity (Wildman–Crippen MR) is 85.2 cm³/mol. The quantitative estimate of drug-likeness (QED) is 0.916. The van der Waals surface area contributed by atoms with Crippen molar-refractivity contribution in [1.82, 2.24) is 0 Å². The van der Waals surface area contributed by atoms with Crippen LogP contribution < -0.4 is 10.2 Å². The lowest BCUT2D eigenvalue weighted by Crippen LogP contribution is -2.13. The smallest absolute Gasteiger partial charge is 0.257 e. The number of amides is 1. The maximum atomic E-state index is 12.2. The molecule has 0 fully saturated rings. The molecule has 0 aliphatic heterocycles. The molecule has 0 saturated carbocycles. The van der Waals surface area contributed by atoms with Crippen molar-refractivity contribution in [3.05, 3.63) is 58.1 Å². The Kier molecular flexibility index (Phi) is 4.53. The highest BCUT2D eigenvalue weighted by Gasteiger charge is 2.11. The van der Waals surface area contributed by atoms with Gasteiger partial charge in [0.1, 0.15) is 0 Å². The molecule has 2 rings (SSSR count). The van der Waals surface area contributed by atoms with E-state index in [1.165, 1.54) is 0 Å². The molecule has 0 aliphatic carbocycles. The second-order valence-electron chi connectivity index (χ2n) is 4.52. The molecule has 0 atom stereocenters. The summed E-state index contributed by atoms with van der Waals surface area (Å²) in [4.78, 5) is 14.1. The lowest BCUT2D eigenvalue weighted by molar-refractivity contribution is 0.102. The van der Waals surface area contributed by atoms with Crippen molar-refractivity contribution in [1.29, 1.82) is 0 Å². The highest BCUT2D eigenvalue weighted by molar-refractivity contribution is 6.37. The van der Waals surface area contributed by atoms with E-state index in [-0.39, 0.29) is 5.91 Å². The first-order valence-corrected chi connectivity index (χ1v) is 6.77. The van der Waals surface area contributed by atoms with Gasteiger partial charge in [-0.15, -0.1) is 0 Å². The average molecular weight is 309 g/mol. The highest BCUT2D eigenvalue weighted by Crippen LogP contribution is 2.23. The Balaban J connectivity index is 2.21. The van der Waals surface area contributed by atoms with Gasteiger partial charge in [0, 0.05) is 30.5 Å². The number of nitrogens with one attached hydrogen (secondary N) is 1. The lowest BCUT2D eigenvalue weighted by Gasteiger charge is -2.14. The minimum Gasteiger partial charge on any atom is -0.378 e. The summed E-state index contributed by atoms with van der Waals surface area (Å²) < 4.78 is 0. The van der Waals surface area contributed by atoms with E-state index in [1.807, 2.05) is 43.3 Å². The molecule has 1 amide bonds. The number of carbonyl (C=O) groups excluding carboxylic acids is 1. The normalized spacial score (nSPS) is 10.2. The number of nitrogens with zero attached hydrogens (tertiary/aromatic N) is 1. The zero-order chi connectivity index (χ0) is 14.7. The zero-order valence-corrected chi connectivity index (χ0v) is 12.7. The van der Waals surface area contributed by atoms with Gasteiger partial charge in [-0.2, -0.15) is 0 Å². The van der Waals surface area contributed by atoms with Crippen LogP contribution in [0, 0.1) is 0 Å². The molecular weight excluding hydrogens is 295 g/mol. The van der Waals surface area contributed by atoms with Crippen molar-refractivity contribution in [3.63, 3.8) is 0 Å². The molecule has 0 unspecified atom stereocenters. The average Bonchev–Trinajstić information content (AvgIpc) is 2.38. The number of rotatable bonds is 3. The predicted octanol–water partition coefficient (Wildman–Crippen LogP) is 4.31. The van der Waals surface area contributed by atoms with Gasteiger partial charge in [0.15, 0.2) is 0 Å². The summed E-state index contributed by atoms with van der Waals surface area (Å²) in [6.45, 7) is 0. The van der Waals surface area contributed by atoms with Gasteiger partial charge in [-0.3, -0.25) is 4.79 Å². The van der Waals surface area contributed by atoms with Crippen LogP contribution in [0.3, 0.4) is 0 Å². The molecule has 20 heavy (non-hydrogen) atoms. The Morgan fingerprint density at radius 1 is 1.10 bits per heavy atom. The van der Waals surface area contributed by atoms with Crippen LogP contribution in [0.15, 0.2) is 42.5 Å². The zero-order valence-electron chi connectivity index (χ0n) is 11.2. The molecule has 0 saturated heterocycles. The third-order valence-corrected chi connectivity index (χ3v) is 3.34. The first-order chi connectivity index (χ1) is 9.47. The number of benzene rings is 2. The van der Waals surface area contributed by atoms with Crippen LogP contribution in [-0.2, 0) is 0 Å². The summed E-state index contributed by atoms with van der Waals surface area (Å²) in [5.41, 5.74) is 2.11. The third-order valence-electron chi connectivity index (χ3n) is 2.80. The summed E-state index contributed by atoms with van der Waals surface area (Å²) in [5.74, 6) is -0.262. The van der Waals surface area contributed by atoms with Gasteiger partial charge in [-0.05, 0) is 36.4 Å². The first-order valence-electron chi connectivity index (χ1n) is 6.01. The lowest BCUT2D eigenvalue weighted by atomic mass is 10.2. The van der Waals surface area contributed by atoms with Gasteiger partial charge in [0.2, 0.25) is 0 Å². The van der Waals surface area contributed by atoms with Gasteiger partial charge in [-0.1, -0.05) is 29.3 Å². The topological polar surface area (TPSA) is 32.3 Å². The van der Waals surface area contributed by atoms with E-state index in [4.69, 9.17) is 23.2 Å². The standard InChI is InChI=1S/C15H14Cl2N2O/c1-19(2)12-5-3-4-11(9-12)18-15(20)13-7-6-10(16)8-14(13)17/h3-9H,1-2H3,(H,18,20). The Bertz CT molecular complexity index is 642. The SMILES string of the molecule is CN(C)c1cccc(NC(=O)c2ccc(Cl)cc2Cl)c1. The fraction of sp³-hybridized carbons (Fsp3) is 0.133. The summed E-state index contributed by atoms with van der Waals surface area (Å²) in [6, 6.07) is 12.4. The van der Waals surface area contributed by atoms with E-state index in [0.717, 1.165) is 5.69 Å². The largest absolute Gasteiger partial charge is 0.378 e. The molecule has 0 radical (unpaired) electrons. The molecule has 2 aromatic rings. The highest BCUT2D eigenvalue weighted by atomic mass is 35.5. The van der Waals surface area contributed by atoms with Gasteiger partial charge < -0.3 is 10.2 Å². The van der Waals surface area contributed by atoms with E-state index in [1.54, 1.807) is 18.2 Å². The molecule has 0 bridgehead atoms. The van der Waals surface area contributed by atoms with Crippen molar-refractivity contribution in [2.24, 2.45) is 0 Å². The maximum absolute atomic E-state index is 12.2. The molecule has 0 aromatic heterocycles. The molecular formula is C15H14Cl2N2O. The van der Waals surface area contributed by atoms with Crippen LogP contribution >= 0.6 is 23.2 Å². The van der Waals surface area contributed by atoms with Gasteiger partial charge >= 0.3 is 0 Å². The first kappa shape index (κ1) is 14.7. The van der Waals surface area contributed by atoms with Crippen molar-refractivity contribution in [2.45, 2.75) is 0 Å². The summed E-state index contributed by atoms with van der Waals surface area (Å²) >= 11 is 11.8. The molecule has 0 spiro atoms. The third kappa shape index (κ3) is 3.44. The summed E-state index contributed by atoms with van der Waals surface area (Å²) in [7, 11) is 3.88. The summed E-state index contributed by atoms with van der Waals surface area (Å²) in [6.07, 6.45) is 0. The maximum Gasteiger partial charge on any atom is 0.257 e. The van der Waals surface area contributed by atoms with E-state index in [9.17, 15) is 4.79 Å². The minimum absolute atomic E-state index is 0.262. The molecule has 2 aromatic carbocycles. The molecule has 5 heteroatoms. The van der Waals surface area contributed by atoms with Crippen molar-refractivity contribution in [3.8, 4) is 0 Å². The fourth-order valence-electron chi connectivity index (χ4n) is 1.73. The van der Waals surface area contributed by atoms with Crippen LogP contribution in [-0.4, -0.2) is 20.0 Å². The Morgan fingerprint density at radius 3 is 2.50 bits per heavy atom. The van der Waals surface area contributed by atoms with Crippen LogP contribution in [0.25, 0.3) is 0 Å².